The van der Waals surface area contributed by atoms with Gasteiger partial charge in [0.1, 0.15) is 11.5 Å². The van der Waals surface area contributed by atoms with Crippen LogP contribution in [0.5, 0.6) is 0 Å². The van der Waals surface area contributed by atoms with Gasteiger partial charge >= 0.3 is 0 Å². The minimum Gasteiger partial charge on any atom is -0.511 e. The third kappa shape index (κ3) is 4.09. The summed E-state index contributed by atoms with van der Waals surface area (Å²) in [4.78, 5) is -0.138. The molecular formula is C6H9BrO2. The molecule has 0 aliphatic carbocycles. The van der Waals surface area contributed by atoms with Crippen molar-refractivity contribution in [1.29, 1.82) is 0 Å². The van der Waals surface area contributed by atoms with E-state index in [0.717, 1.165) is 0 Å². The van der Waals surface area contributed by atoms with Gasteiger partial charge in [0.15, 0.2) is 0 Å². The topological polar surface area (TPSA) is 40.5 Å². The second-order valence-corrected chi connectivity index (χ2v) is 3.05. The molecule has 1 atom stereocenters. The smallest absolute Gasteiger partial charge is 0.111 e. The van der Waals surface area contributed by atoms with Gasteiger partial charge < -0.3 is 10.2 Å². The first kappa shape index (κ1) is 8.56. The zero-order valence-corrected chi connectivity index (χ0v) is 6.72. The van der Waals surface area contributed by atoms with Crippen LogP contribution in [0.1, 0.15) is 6.92 Å². The molecule has 0 aromatic heterocycles. The maximum absolute atomic E-state index is 8.89. The Morgan fingerprint density at radius 3 is 2.22 bits per heavy atom. The molecule has 0 bridgehead atoms. The van der Waals surface area contributed by atoms with Crippen LogP contribution >= 0.6 is 15.9 Å². The molecule has 0 saturated carbocycles. The Bertz CT molecular complexity index is 138. The molecule has 2 N–H and O–H groups in total. The van der Waals surface area contributed by atoms with E-state index in [9.17, 15) is 0 Å². The number of aliphatic hydroxyl groups is 2. The first-order valence-corrected chi connectivity index (χ1v) is 3.38. The predicted molar refractivity (Wildman–Crippen MR) is 40.9 cm³/mol. The van der Waals surface area contributed by atoms with E-state index < -0.39 is 0 Å². The summed E-state index contributed by atoms with van der Waals surface area (Å²) in [7, 11) is 0. The minimum atomic E-state index is -0.140. The zero-order valence-electron chi connectivity index (χ0n) is 5.13. The molecule has 0 unspecified atom stereocenters. The number of allylic oxidation sites excluding steroid dienone is 2. The molecule has 0 amide bonds. The van der Waals surface area contributed by atoms with Crippen LogP contribution in [0.2, 0.25) is 0 Å². The minimum absolute atomic E-state index is 0.0718. The lowest BCUT2D eigenvalue weighted by molar-refractivity contribution is 0.384. The summed E-state index contributed by atoms with van der Waals surface area (Å²) in [6.45, 7) is 4.92. The lowest BCUT2D eigenvalue weighted by Gasteiger charge is -1.99. The fourth-order valence-corrected chi connectivity index (χ4v) is 0.418. The Labute approximate surface area is 62.6 Å². The SMILES string of the molecule is C=C(O)/C=C(/O)[C@H](C)Br. The molecule has 0 aliphatic rings. The maximum Gasteiger partial charge on any atom is 0.111 e. The van der Waals surface area contributed by atoms with Gasteiger partial charge in [-0.25, -0.2) is 0 Å². The van der Waals surface area contributed by atoms with Crippen molar-refractivity contribution in [3.8, 4) is 0 Å². The van der Waals surface area contributed by atoms with Gasteiger partial charge in [-0.2, -0.15) is 0 Å². The Morgan fingerprint density at radius 2 is 2.11 bits per heavy atom. The summed E-state index contributed by atoms with van der Waals surface area (Å²) in [6, 6.07) is 0. The molecule has 2 nitrogen and oxygen atoms in total. The Balaban J connectivity index is 4.00. The lowest BCUT2D eigenvalue weighted by Crippen LogP contribution is -1.94. The maximum atomic E-state index is 8.89. The summed E-state index contributed by atoms with van der Waals surface area (Å²) >= 11 is 3.10. The van der Waals surface area contributed by atoms with Crippen LogP contribution in [0.4, 0.5) is 0 Å². The molecule has 52 valence electrons. The average Bonchev–Trinajstić information content (AvgIpc) is 1.63. The highest BCUT2D eigenvalue weighted by Gasteiger charge is 2.00. The number of alkyl halides is 1. The van der Waals surface area contributed by atoms with E-state index in [4.69, 9.17) is 10.2 Å². The van der Waals surface area contributed by atoms with Crippen molar-refractivity contribution in [2.75, 3.05) is 0 Å². The monoisotopic (exact) mass is 192 g/mol. The van der Waals surface area contributed by atoms with Crippen LogP contribution < -0.4 is 0 Å². The highest BCUT2D eigenvalue weighted by molar-refractivity contribution is 9.09. The van der Waals surface area contributed by atoms with E-state index in [1.165, 1.54) is 6.08 Å². The summed E-state index contributed by atoms with van der Waals surface area (Å²) in [5.74, 6) is -0.0682. The summed E-state index contributed by atoms with van der Waals surface area (Å²) < 4.78 is 0. The van der Waals surface area contributed by atoms with Crippen LogP contribution in [0, 0.1) is 0 Å². The molecule has 0 saturated heterocycles. The first-order chi connectivity index (χ1) is 4.04. The molecule has 0 heterocycles. The van der Waals surface area contributed by atoms with Crippen LogP contribution in [0.15, 0.2) is 24.2 Å². The number of hydrogen-bond acceptors (Lipinski definition) is 2. The fraction of sp³-hybridized carbons (Fsp3) is 0.333. The van der Waals surface area contributed by atoms with Crippen molar-refractivity contribution in [1.82, 2.24) is 0 Å². The molecule has 9 heavy (non-hydrogen) atoms. The van der Waals surface area contributed by atoms with E-state index >= 15 is 0 Å². The molecular weight excluding hydrogens is 184 g/mol. The number of halogens is 1. The van der Waals surface area contributed by atoms with E-state index in [1.54, 1.807) is 6.92 Å². The highest BCUT2D eigenvalue weighted by Crippen LogP contribution is 2.08. The lowest BCUT2D eigenvalue weighted by atomic mass is 10.3. The summed E-state index contributed by atoms with van der Waals surface area (Å²) in [5, 5.41) is 17.4. The third-order valence-corrected chi connectivity index (χ3v) is 1.19. The van der Waals surface area contributed by atoms with E-state index in [2.05, 4.69) is 22.5 Å². The molecule has 0 fully saturated rings. The van der Waals surface area contributed by atoms with Gasteiger partial charge in [-0.3, -0.25) is 0 Å². The van der Waals surface area contributed by atoms with Gasteiger partial charge in [0.2, 0.25) is 0 Å². The Kier molecular flexibility index (Phi) is 3.39. The molecule has 0 aliphatic heterocycles. The standard InChI is InChI=1S/C6H9BrO2/c1-4(8)3-6(9)5(2)7/h3,5,8-9H,1H2,2H3/b6-3+/t5-/m0/s1. The second kappa shape index (κ2) is 3.56. The van der Waals surface area contributed by atoms with E-state index in [1.807, 2.05) is 0 Å². The summed E-state index contributed by atoms with van der Waals surface area (Å²) in [6.07, 6.45) is 1.19. The van der Waals surface area contributed by atoms with Gasteiger partial charge in [0.25, 0.3) is 0 Å². The normalized spacial score (nSPS) is 15.1. The quantitative estimate of drug-likeness (QED) is 0.401. The van der Waals surface area contributed by atoms with Crippen LogP contribution in [0.25, 0.3) is 0 Å². The van der Waals surface area contributed by atoms with Crippen molar-refractivity contribution in [2.45, 2.75) is 11.8 Å². The Hall–Kier alpha value is -0.440. The number of aliphatic hydroxyl groups excluding tert-OH is 2. The molecule has 0 aromatic rings. The van der Waals surface area contributed by atoms with Crippen molar-refractivity contribution in [3.05, 3.63) is 24.2 Å². The predicted octanol–water partition coefficient (Wildman–Crippen LogP) is 2.28. The second-order valence-electron chi connectivity index (χ2n) is 1.68. The molecule has 0 radical (unpaired) electrons. The first-order valence-electron chi connectivity index (χ1n) is 2.46. The van der Waals surface area contributed by atoms with Gasteiger partial charge in [-0.1, -0.05) is 22.5 Å². The van der Waals surface area contributed by atoms with Gasteiger partial charge in [-0.05, 0) is 6.92 Å². The average molecular weight is 193 g/mol. The molecule has 0 aromatic carbocycles. The van der Waals surface area contributed by atoms with Crippen molar-refractivity contribution in [2.24, 2.45) is 0 Å². The van der Waals surface area contributed by atoms with Crippen molar-refractivity contribution in [3.63, 3.8) is 0 Å². The molecule has 0 rings (SSSR count). The van der Waals surface area contributed by atoms with Crippen molar-refractivity contribution >= 4 is 15.9 Å². The largest absolute Gasteiger partial charge is 0.511 e. The van der Waals surface area contributed by atoms with Gasteiger partial charge in [0.05, 0.1) is 4.83 Å². The molecule has 0 spiro atoms. The summed E-state index contributed by atoms with van der Waals surface area (Å²) in [5.41, 5.74) is 0. The van der Waals surface area contributed by atoms with Crippen molar-refractivity contribution < 1.29 is 10.2 Å². The number of hydrogen-bond donors (Lipinski definition) is 2. The van der Waals surface area contributed by atoms with E-state index in [-0.39, 0.29) is 16.3 Å². The van der Waals surface area contributed by atoms with Crippen LogP contribution in [0.3, 0.4) is 0 Å². The van der Waals surface area contributed by atoms with Crippen LogP contribution in [-0.4, -0.2) is 15.0 Å². The van der Waals surface area contributed by atoms with Gasteiger partial charge in [0, 0.05) is 6.08 Å². The fourth-order valence-electron chi connectivity index (χ4n) is 0.286. The highest BCUT2D eigenvalue weighted by atomic mass is 79.9. The van der Waals surface area contributed by atoms with Crippen LogP contribution in [-0.2, 0) is 0 Å². The Morgan fingerprint density at radius 1 is 1.67 bits per heavy atom. The third-order valence-electron chi connectivity index (χ3n) is 0.722. The molecule has 3 heteroatoms. The van der Waals surface area contributed by atoms with Gasteiger partial charge in [-0.15, -0.1) is 0 Å². The number of rotatable bonds is 2. The van der Waals surface area contributed by atoms with E-state index in [0.29, 0.717) is 0 Å². The zero-order chi connectivity index (χ0) is 7.44.